The zero-order chi connectivity index (χ0) is 14.3. The molecule has 0 fully saturated rings. The highest BCUT2D eigenvalue weighted by Gasteiger charge is 2.14. The molecule has 4 N–H and O–H groups in total. The van der Waals surface area contributed by atoms with Crippen LogP contribution in [0.1, 0.15) is 5.56 Å². The lowest BCUT2D eigenvalue weighted by Gasteiger charge is -2.07. The van der Waals surface area contributed by atoms with Gasteiger partial charge in [0.2, 0.25) is 0 Å². The fraction of sp³-hybridized carbons (Fsp3) is 0.364. The maximum Gasteiger partial charge on any atom is 0.312 e. The second-order valence-corrected chi connectivity index (χ2v) is 3.73. The smallest absolute Gasteiger partial charge is 0.312 e. The Morgan fingerprint density at radius 1 is 1.47 bits per heavy atom. The number of ether oxygens (including phenoxy) is 1. The van der Waals surface area contributed by atoms with Crippen LogP contribution in [0.4, 0.5) is 10.5 Å². The Kier molecular flexibility index (Phi) is 5.55. The normalized spacial score (nSPS) is 9.95. The molecule has 8 heteroatoms. The highest BCUT2D eigenvalue weighted by Crippen LogP contribution is 2.27. The van der Waals surface area contributed by atoms with Gasteiger partial charge in [-0.05, 0) is 11.6 Å². The summed E-state index contributed by atoms with van der Waals surface area (Å²) in [6.07, 6.45) is 0. The second-order valence-electron chi connectivity index (χ2n) is 3.73. The van der Waals surface area contributed by atoms with Gasteiger partial charge in [0, 0.05) is 25.7 Å². The van der Waals surface area contributed by atoms with E-state index in [0.29, 0.717) is 19.6 Å². The van der Waals surface area contributed by atoms with Crippen LogP contribution in [0.3, 0.4) is 0 Å². The van der Waals surface area contributed by atoms with E-state index in [2.05, 4.69) is 10.6 Å². The molecule has 0 heterocycles. The van der Waals surface area contributed by atoms with Crippen LogP contribution in [-0.4, -0.2) is 31.2 Å². The van der Waals surface area contributed by atoms with Crippen LogP contribution in [-0.2, 0) is 6.54 Å². The summed E-state index contributed by atoms with van der Waals surface area (Å²) >= 11 is 0. The monoisotopic (exact) mass is 268 g/mol. The Labute approximate surface area is 110 Å². The Morgan fingerprint density at radius 3 is 2.79 bits per heavy atom. The fourth-order valence-electron chi connectivity index (χ4n) is 1.50. The largest absolute Gasteiger partial charge is 0.490 e. The lowest BCUT2D eigenvalue weighted by molar-refractivity contribution is -0.385. The molecule has 19 heavy (non-hydrogen) atoms. The Morgan fingerprint density at radius 2 is 2.21 bits per heavy atom. The molecule has 0 saturated carbocycles. The van der Waals surface area contributed by atoms with Crippen molar-refractivity contribution in [3.63, 3.8) is 0 Å². The SMILES string of the molecule is COc1ccc(CNCCNC(N)=O)cc1[N+](=O)[O-]. The molecule has 1 rings (SSSR count). The van der Waals surface area contributed by atoms with Crippen molar-refractivity contribution >= 4 is 11.7 Å². The van der Waals surface area contributed by atoms with Crippen molar-refractivity contribution in [3.8, 4) is 5.75 Å². The van der Waals surface area contributed by atoms with Gasteiger partial charge >= 0.3 is 11.7 Å². The Hall–Kier alpha value is -2.35. The van der Waals surface area contributed by atoms with Gasteiger partial charge < -0.3 is 21.1 Å². The lowest BCUT2D eigenvalue weighted by atomic mass is 10.2. The summed E-state index contributed by atoms with van der Waals surface area (Å²) in [6, 6.07) is 4.16. The van der Waals surface area contributed by atoms with Gasteiger partial charge in [-0.3, -0.25) is 10.1 Å². The van der Waals surface area contributed by atoms with Gasteiger partial charge in [-0.2, -0.15) is 0 Å². The molecule has 0 spiro atoms. The number of primary amides is 1. The lowest BCUT2D eigenvalue weighted by Crippen LogP contribution is -2.35. The van der Waals surface area contributed by atoms with E-state index in [9.17, 15) is 14.9 Å². The van der Waals surface area contributed by atoms with E-state index in [4.69, 9.17) is 10.5 Å². The first-order chi connectivity index (χ1) is 9.04. The molecule has 0 radical (unpaired) electrons. The summed E-state index contributed by atoms with van der Waals surface area (Å²) in [7, 11) is 1.38. The number of nitrogens with one attached hydrogen (secondary N) is 2. The van der Waals surface area contributed by atoms with Gasteiger partial charge in [-0.15, -0.1) is 0 Å². The molecule has 0 bridgehead atoms. The van der Waals surface area contributed by atoms with Crippen LogP contribution in [0.25, 0.3) is 0 Å². The summed E-state index contributed by atoms with van der Waals surface area (Å²) in [4.78, 5) is 20.8. The van der Waals surface area contributed by atoms with Crippen molar-refractivity contribution < 1.29 is 14.5 Å². The highest BCUT2D eigenvalue weighted by molar-refractivity contribution is 5.71. The predicted octanol–water partition coefficient (Wildman–Crippen LogP) is 0.361. The first kappa shape index (κ1) is 14.7. The first-order valence-corrected chi connectivity index (χ1v) is 5.60. The number of nitrogens with two attached hydrogens (primary N) is 1. The number of methoxy groups -OCH3 is 1. The second kappa shape index (κ2) is 7.17. The quantitative estimate of drug-likeness (QED) is 0.374. The van der Waals surface area contributed by atoms with Gasteiger partial charge in [0.15, 0.2) is 5.75 Å². The third-order valence-corrected chi connectivity index (χ3v) is 2.37. The molecule has 104 valence electrons. The van der Waals surface area contributed by atoms with Gasteiger partial charge in [-0.25, -0.2) is 4.79 Å². The minimum Gasteiger partial charge on any atom is -0.490 e. The summed E-state index contributed by atoms with van der Waals surface area (Å²) < 4.78 is 4.91. The van der Waals surface area contributed by atoms with Crippen LogP contribution in [0, 0.1) is 10.1 Å². The summed E-state index contributed by atoms with van der Waals surface area (Å²) in [6.45, 7) is 1.36. The van der Waals surface area contributed by atoms with Gasteiger partial charge in [0.05, 0.1) is 12.0 Å². The van der Waals surface area contributed by atoms with Crippen molar-refractivity contribution in [1.82, 2.24) is 10.6 Å². The molecule has 8 nitrogen and oxygen atoms in total. The minimum absolute atomic E-state index is 0.0722. The summed E-state index contributed by atoms with van der Waals surface area (Å²) in [5.41, 5.74) is 5.59. The van der Waals surface area contributed by atoms with E-state index in [1.54, 1.807) is 12.1 Å². The summed E-state index contributed by atoms with van der Waals surface area (Å²) in [5.74, 6) is 0.226. The van der Waals surface area contributed by atoms with Gasteiger partial charge in [0.1, 0.15) is 0 Å². The highest BCUT2D eigenvalue weighted by atomic mass is 16.6. The zero-order valence-electron chi connectivity index (χ0n) is 10.5. The van der Waals surface area contributed by atoms with Gasteiger partial charge in [-0.1, -0.05) is 6.07 Å². The number of hydrogen-bond acceptors (Lipinski definition) is 5. The van der Waals surface area contributed by atoms with Crippen LogP contribution >= 0.6 is 0 Å². The average molecular weight is 268 g/mol. The molecule has 1 aromatic carbocycles. The van der Waals surface area contributed by atoms with Crippen LogP contribution in [0.5, 0.6) is 5.75 Å². The van der Waals surface area contributed by atoms with Crippen LogP contribution < -0.4 is 21.1 Å². The topological polar surface area (TPSA) is 120 Å². The van der Waals surface area contributed by atoms with Crippen LogP contribution in [0.2, 0.25) is 0 Å². The van der Waals surface area contributed by atoms with E-state index in [1.165, 1.54) is 13.2 Å². The molecular formula is C11H16N4O4. The molecule has 0 aliphatic carbocycles. The summed E-state index contributed by atoms with van der Waals surface area (Å²) in [5, 5.41) is 16.3. The molecular weight excluding hydrogens is 252 g/mol. The average Bonchev–Trinajstić information content (AvgIpc) is 2.37. The zero-order valence-corrected chi connectivity index (χ0v) is 10.5. The molecule has 0 aliphatic heterocycles. The number of amides is 2. The third-order valence-electron chi connectivity index (χ3n) is 2.37. The van der Waals surface area contributed by atoms with Crippen molar-refractivity contribution in [1.29, 1.82) is 0 Å². The molecule has 2 amide bonds. The number of nitro benzene ring substituents is 1. The Balaban J connectivity index is 2.53. The first-order valence-electron chi connectivity index (χ1n) is 5.60. The number of hydrogen-bond donors (Lipinski definition) is 3. The number of nitro groups is 1. The predicted molar refractivity (Wildman–Crippen MR) is 68.9 cm³/mol. The molecule has 0 aliphatic rings. The minimum atomic E-state index is -0.582. The van der Waals surface area contributed by atoms with Crippen molar-refractivity contribution in [2.75, 3.05) is 20.2 Å². The molecule has 0 aromatic heterocycles. The van der Waals surface area contributed by atoms with Crippen LogP contribution in [0.15, 0.2) is 18.2 Å². The molecule has 0 saturated heterocycles. The maximum absolute atomic E-state index is 10.8. The standard InChI is InChI=1S/C11H16N4O4/c1-19-10-3-2-8(6-9(10)15(17)18)7-13-4-5-14-11(12)16/h2-3,6,13H,4-5,7H2,1H3,(H3,12,14,16). The van der Waals surface area contributed by atoms with Crippen molar-refractivity contribution in [2.45, 2.75) is 6.54 Å². The maximum atomic E-state index is 10.8. The number of nitrogens with zero attached hydrogens (tertiary/aromatic N) is 1. The third kappa shape index (κ3) is 4.80. The number of rotatable bonds is 7. The van der Waals surface area contributed by atoms with E-state index in [1.807, 2.05) is 0 Å². The number of carbonyl (C=O) groups is 1. The van der Waals surface area contributed by atoms with Crippen molar-refractivity contribution in [3.05, 3.63) is 33.9 Å². The van der Waals surface area contributed by atoms with E-state index in [0.717, 1.165) is 5.56 Å². The molecule has 0 atom stereocenters. The van der Waals surface area contributed by atoms with Gasteiger partial charge in [0.25, 0.3) is 0 Å². The van der Waals surface area contributed by atoms with Crippen molar-refractivity contribution in [2.24, 2.45) is 5.73 Å². The van der Waals surface area contributed by atoms with E-state index in [-0.39, 0.29) is 11.4 Å². The number of carbonyl (C=O) groups excluding carboxylic acids is 1. The molecule has 1 aromatic rings. The fourth-order valence-corrected chi connectivity index (χ4v) is 1.50. The molecule has 0 unspecified atom stereocenters. The number of urea groups is 1. The van der Waals surface area contributed by atoms with E-state index < -0.39 is 11.0 Å². The Bertz CT molecular complexity index is 464. The number of benzene rings is 1. The van der Waals surface area contributed by atoms with E-state index >= 15 is 0 Å².